The Morgan fingerprint density at radius 1 is 1.27 bits per heavy atom. The summed E-state index contributed by atoms with van der Waals surface area (Å²) in [5, 5.41) is 12.2. The van der Waals surface area contributed by atoms with Crippen molar-refractivity contribution in [3.05, 3.63) is 0 Å². The third kappa shape index (κ3) is 7.35. The van der Waals surface area contributed by atoms with Gasteiger partial charge in [0.15, 0.2) is 0 Å². The van der Waals surface area contributed by atoms with E-state index in [9.17, 15) is 0 Å². The van der Waals surface area contributed by atoms with Crippen LogP contribution < -0.4 is 5.32 Å². The van der Waals surface area contributed by atoms with Crippen LogP contribution in [0.25, 0.3) is 0 Å². The fourth-order valence-electron chi connectivity index (χ4n) is 1.25. The van der Waals surface area contributed by atoms with Crippen molar-refractivity contribution in [1.82, 2.24) is 5.32 Å². The average molecular weight is 212 g/mol. The normalized spacial score (nSPS) is 14.5. The lowest BCUT2D eigenvalue weighted by Crippen LogP contribution is -2.45. The fraction of sp³-hybridized carbons (Fsp3) is 0.917. The summed E-state index contributed by atoms with van der Waals surface area (Å²) in [4.78, 5) is 0. The molecule has 0 heterocycles. The first-order valence-electron chi connectivity index (χ1n) is 5.92. The van der Waals surface area contributed by atoms with Crippen molar-refractivity contribution in [2.75, 3.05) is 19.8 Å². The van der Waals surface area contributed by atoms with E-state index < -0.39 is 5.54 Å². The predicted molar refractivity (Wildman–Crippen MR) is 62.7 cm³/mol. The topological polar surface area (TPSA) is 45.0 Å². The van der Waals surface area contributed by atoms with Crippen LogP contribution in [0.5, 0.6) is 0 Å². The monoisotopic (exact) mass is 212 g/mol. The second kappa shape index (κ2) is 8.70. The molecule has 0 spiro atoms. The highest BCUT2D eigenvalue weighted by atomic mass is 16.5. The van der Waals surface area contributed by atoms with E-state index in [0.29, 0.717) is 6.61 Å². The molecule has 0 bridgehead atoms. The molecule has 0 radical (unpaired) electrons. The number of nitrogens with zero attached hydrogens (tertiary/aromatic N) is 1. The number of rotatable bonds is 9. The molecule has 0 aromatic heterocycles. The van der Waals surface area contributed by atoms with Crippen molar-refractivity contribution in [2.45, 2.75) is 52.0 Å². The third-order valence-corrected chi connectivity index (χ3v) is 2.29. The molecule has 15 heavy (non-hydrogen) atoms. The number of unbranched alkanes of at least 4 members (excludes halogenated alkanes) is 2. The van der Waals surface area contributed by atoms with Crippen molar-refractivity contribution in [2.24, 2.45) is 0 Å². The molecule has 0 aromatic carbocycles. The lowest BCUT2D eigenvalue weighted by molar-refractivity contribution is 0.0925. The highest BCUT2D eigenvalue weighted by molar-refractivity contribution is 5.03. The molecule has 0 rings (SSSR count). The van der Waals surface area contributed by atoms with Gasteiger partial charge in [-0.05, 0) is 26.3 Å². The molecule has 0 aliphatic heterocycles. The standard InChI is InChI=1S/C12H24N2O/c1-4-6-7-9-15-11-12(3,10-13)14-8-5-2/h14H,4-9,11H2,1-3H3. The van der Waals surface area contributed by atoms with E-state index in [1.54, 1.807) is 0 Å². The van der Waals surface area contributed by atoms with Crippen LogP contribution in [-0.2, 0) is 4.74 Å². The summed E-state index contributed by atoms with van der Waals surface area (Å²) in [6.45, 7) is 8.26. The van der Waals surface area contributed by atoms with Crippen LogP contribution in [0, 0.1) is 11.3 Å². The van der Waals surface area contributed by atoms with Gasteiger partial charge < -0.3 is 4.74 Å². The highest BCUT2D eigenvalue weighted by Gasteiger charge is 2.22. The second-order valence-electron chi connectivity index (χ2n) is 4.13. The van der Waals surface area contributed by atoms with Gasteiger partial charge in [-0.2, -0.15) is 5.26 Å². The summed E-state index contributed by atoms with van der Waals surface area (Å²) in [5.74, 6) is 0. The summed E-state index contributed by atoms with van der Waals surface area (Å²) in [6.07, 6.45) is 4.53. The van der Waals surface area contributed by atoms with Gasteiger partial charge in [0.1, 0.15) is 5.54 Å². The maximum absolute atomic E-state index is 9.02. The molecule has 1 atom stereocenters. The molecular formula is C12H24N2O. The van der Waals surface area contributed by atoms with Crippen molar-refractivity contribution in [3.63, 3.8) is 0 Å². The molecule has 0 aliphatic rings. The summed E-state index contributed by atoms with van der Waals surface area (Å²) in [6, 6.07) is 2.27. The number of hydrogen-bond acceptors (Lipinski definition) is 3. The van der Waals surface area contributed by atoms with E-state index in [1.807, 2.05) is 6.92 Å². The molecular weight excluding hydrogens is 188 g/mol. The van der Waals surface area contributed by atoms with Gasteiger partial charge in [0.2, 0.25) is 0 Å². The Balaban J connectivity index is 3.64. The number of nitriles is 1. The maximum atomic E-state index is 9.02. The summed E-state index contributed by atoms with van der Waals surface area (Å²) in [7, 11) is 0. The Morgan fingerprint density at radius 2 is 2.00 bits per heavy atom. The summed E-state index contributed by atoms with van der Waals surface area (Å²) in [5.41, 5.74) is -0.526. The van der Waals surface area contributed by atoms with E-state index in [-0.39, 0.29) is 0 Å². The molecule has 0 fully saturated rings. The van der Waals surface area contributed by atoms with Gasteiger partial charge in [-0.1, -0.05) is 26.7 Å². The molecule has 1 unspecified atom stereocenters. The highest BCUT2D eigenvalue weighted by Crippen LogP contribution is 2.04. The van der Waals surface area contributed by atoms with E-state index in [4.69, 9.17) is 10.00 Å². The van der Waals surface area contributed by atoms with Gasteiger partial charge in [-0.3, -0.25) is 5.32 Å². The average Bonchev–Trinajstić information content (AvgIpc) is 2.26. The van der Waals surface area contributed by atoms with Crippen molar-refractivity contribution < 1.29 is 4.74 Å². The first kappa shape index (κ1) is 14.4. The van der Waals surface area contributed by atoms with Crippen LogP contribution in [0.15, 0.2) is 0 Å². The van der Waals surface area contributed by atoms with E-state index in [0.717, 1.165) is 26.0 Å². The lowest BCUT2D eigenvalue weighted by atomic mass is 10.1. The van der Waals surface area contributed by atoms with E-state index >= 15 is 0 Å². The predicted octanol–water partition coefficient (Wildman–Crippen LogP) is 2.48. The zero-order chi connectivity index (χ0) is 11.6. The SMILES string of the molecule is CCCCCOCC(C)(C#N)NCCC. The number of ether oxygens (including phenoxy) is 1. The molecule has 3 nitrogen and oxygen atoms in total. The molecule has 88 valence electrons. The van der Waals surface area contributed by atoms with Gasteiger partial charge >= 0.3 is 0 Å². The van der Waals surface area contributed by atoms with Crippen LogP contribution in [-0.4, -0.2) is 25.3 Å². The smallest absolute Gasteiger partial charge is 0.127 e. The fourth-order valence-corrected chi connectivity index (χ4v) is 1.25. The first-order chi connectivity index (χ1) is 7.18. The zero-order valence-electron chi connectivity index (χ0n) is 10.3. The first-order valence-corrected chi connectivity index (χ1v) is 5.92. The van der Waals surface area contributed by atoms with E-state index in [2.05, 4.69) is 25.2 Å². The van der Waals surface area contributed by atoms with Crippen LogP contribution in [0.4, 0.5) is 0 Å². The van der Waals surface area contributed by atoms with Crippen molar-refractivity contribution >= 4 is 0 Å². The molecule has 1 N–H and O–H groups in total. The minimum atomic E-state index is -0.526. The zero-order valence-corrected chi connectivity index (χ0v) is 10.3. The molecule has 3 heteroatoms. The molecule has 0 aromatic rings. The van der Waals surface area contributed by atoms with Crippen LogP contribution in [0.2, 0.25) is 0 Å². The Kier molecular flexibility index (Phi) is 8.35. The summed E-state index contributed by atoms with van der Waals surface area (Å²) >= 11 is 0. The summed E-state index contributed by atoms with van der Waals surface area (Å²) < 4.78 is 5.50. The van der Waals surface area contributed by atoms with Gasteiger partial charge in [0, 0.05) is 6.61 Å². The minimum absolute atomic E-state index is 0.479. The Morgan fingerprint density at radius 3 is 2.53 bits per heavy atom. The largest absolute Gasteiger partial charge is 0.378 e. The van der Waals surface area contributed by atoms with Crippen LogP contribution >= 0.6 is 0 Å². The van der Waals surface area contributed by atoms with Gasteiger partial charge in [-0.25, -0.2) is 0 Å². The van der Waals surface area contributed by atoms with Gasteiger partial charge in [0.05, 0.1) is 12.7 Å². The van der Waals surface area contributed by atoms with Gasteiger partial charge in [0.25, 0.3) is 0 Å². The second-order valence-corrected chi connectivity index (χ2v) is 4.13. The molecule has 0 saturated carbocycles. The number of hydrogen-bond donors (Lipinski definition) is 1. The van der Waals surface area contributed by atoms with Gasteiger partial charge in [-0.15, -0.1) is 0 Å². The van der Waals surface area contributed by atoms with Crippen LogP contribution in [0.1, 0.15) is 46.5 Å². The number of nitrogens with one attached hydrogen (secondary N) is 1. The maximum Gasteiger partial charge on any atom is 0.127 e. The molecule has 0 saturated heterocycles. The Hall–Kier alpha value is -0.590. The van der Waals surface area contributed by atoms with Crippen molar-refractivity contribution in [3.8, 4) is 6.07 Å². The van der Waals surface area contributed by atoms with Crippen molar-refractivity contribution in [1.29, 1.82) is 5.26 Å². The molecule has 0 aliphatic carbocycles. The Bertz CT molecular complexity index is 189. The van der Waals surface area contributed by atoms with E-state index in [1.165, 1.54) is 12.8 Å². The molecule has 0 amide bonds. The lowest BCUT2D eigenvalue weighted by Gasteiger charge is -2.22. The quantitative estimate of drug-likeness (QED) is 0.597. The third-order valence-electron chi connectivity index (χ3n) is 2.29. The Labute approximate surface area is 93.8 Å². The van der Waals surface area contributed by atoms with Crippen LogP contribution in [0.3, 0.4) is 0 Å². The minimum Gasteiger partial charge on any atom is -0.378 e.